The van der Waals surface area contributed by atoms with Gasteiger partial charge in [0, 0.05) is 37.9 Å². The highest BCUT2D eigenvalue weighted by atomic mass is 35.5. The molecule has 0 radical (unpaired) electrons. The fourth-order valence-electron chi connectivity index (χ4n) is 4.35. The number of aromatic nitrogens is 1. The molecular formula is C24H24Cl2N4O2S. The van der Waals surface area contributed by atoms with Gasteiger partial charge in [0.1, 0.15) is 17.6 Å². The predicted octanol–water partition coefficient (Wildman–Crippen LogP) is 4.95. The van der Waals surface area contributed by atoms with Crippen molar-refractivity contribution in [1.29, 1.82) is 0 Å². The third-order valence-electron chi connectivity index (χ3n) is 6.08. The fourth-order valence-corrected chi connectivity index (χ4v) is 4.98. The van der Waals surface area contributed by atoms with E-state index in [1.54, 1.807) is 12.3 Å². The summed E-state index contributed by atoms with van der Waals surface area (Å²) in [7, 11) is 0. The molecule has 2 aliphatic heterocycles. The monoisotopic (exact) mass is 502 g/mol. The molecule has 4 heterocycles. The third kappa shape index (κ3) is 4.88. The zero-order valence-corrected chi connectivity index (χ0v) is 20.2. The van der Waals surface area contributed by atoms with Gasteiger partial charge in [0.25, 0.3) is 0 Å². The Hall–Kier alpha value is -2.16. The van der Waals surface area contributed by atoms with E-state index < -0.39 is 0 Å². The van der Waals surface area contributed by atoms with E-state index in [0.29, 0.717) is 15.2 Å². The van der Waals surface area contributed by atoms with Gasteiger partial charge in [-0.15, -0.1) is 0 Å². The quantitative estimate of drug-likeness (QED) is 0.478. The van der Waals surface area contributed by atoms with Crippen LogP contribution in [0.4, 0.5) is 0 Å². The zero-order chi connectivity index (χ0) is 22.8. The number of morpholine rings is 1. The molecule has 3 aromatic rings. The Morgan fingerprint density at radius 2 is 1.88 bits per heavy atom. The second kappa shape index (κ2) is 9.99. The van der Waals surface area contributed by atoms with Crippen LogP contribution in [0.5, 0.6) is 0 Å². The summed E-state index contributed by atoms with van der Waals surface area (Å²) in [4.78, 5) is 9.21. The van der Waals surface area contributed by atoms with Crippen LogP contribution in [0, 0.1) is 0 Å². The molecule has 2 aliphatic rings. The van der Waals surface area contributed by atoms with Crippen LogP contribution in [0.3, 0.4) is 0 Å². The number of pyridine rings is 1. The van der Waals surface area contributed by atoms with E-state index in [4.69, 9.17) is 44.6 Å². The minimum absolute atomic E-state index is 0.115. The first-order valence-corrected chi connectivity index (χ1v) is 12.1. The molecule has 6 nitrogen and oxygen atoms in total. The molecule has 2 saturated heterocycles. The number of nitrogens with one attached hydrogen (secondary N) is 1. The summed E-state index contributed by atoms with van der Waals surface area (Å²) in [5, 5.41) is 5.19. The van der Waals surface area contributed by atoms with Crippen molar-refractivity contribution in [2.45, 2.75) is 12.1 Å². The van der Waals surface area contributed by atoms with Crippen LogP contribution in [0.25, 0.3) is 11.3 Å². The van der Waals surface area contributed by atoms with Crippen LogP contribution in [0.15, 0.2) is 59.1 Å². The Labute approximate surface area is 208 Å². The molecule has 2 atom stereocenters. The number of hydrogen-bond donors (Lipinski definition) is 1. The van der Waals surface area contributed by atoms with Crippen molar-refractivity contribution in [1.82, 2.24) is 20.1 Å². The van der Waals surface area contributed by atoms with E-state index >= 15 is 0 Å². The first-order chi connectivity index (χ1) is 16.1. The van der Waals surface area contributed by atoms with Gasteiger partial charge in [0.05, 0.1) is 35.0 Å². The lowest BCUT2D eigenvalue weighted by Crippen LogP contribution is -2.42. The molecule has 2 fully saturated rings. The third-order valence-corrected chi connectivity index (χ3v) is 7.17. The molecular weight excluding hydrogens is 479 g/mol. The number of ether oxygens (including phenoxy) is 1. The maximum absolute atomic E-state index is 6.37. The van der Waals surface area contributed by atoms with Gasteiger partial charge in [0.15, 0.2) is 5.11 Å². The minimum Gasteiger partial charge on any atom is -0.459 e. The van der Waals surface area contributed by atoms with Gasteiger partial charge in [-0.2, -0.15) is 0 Å². The normalized spacial score (nSPS) is 21.4. The molecule has 33 heavy (non-hydrogen) atoms. The van der Waals surface area contributed by atoms with Crippen LogP contribution in [-0.2, 0) is 4.74 Å². The average Bonchev–Trinajstić information content (AvgIpc) is 3.45. The van der Waals surface area contributed by atoms with Gasteiger partial charge in [-0.3, -0.25) is 9.88 Å². The molecule has 0 saturated carbocycles. The number of thiocarbonyl (C=S) groups is 1. The molecule has 0 bridgehead atoms. The Balaban J connectivity index is 1.45. The first-order valence-electron chi connectivity index (χ1n) is 10.9. The smallest absolute Gasteiger partial charge is 0.170 e. The van der Waals surface area contributed by atoms with E-state index in [9.17, 15) is 0 Å². The van der Waals surface area contributed by atoms with Crippen molar-refractivity contribution in [2.75, 3.05) is 39.4 Å². The topological polar surface area (TPSA) is 53.8 Å². The van der Waals surface area contributed by atoms with Crippen LogP contribution >= 0.6 is 35.4 Å². The van der Waals surface area contributed by atoms with E-state index in [1.165, 1.54) is 0 Å². The number of hydrogen-bond acceptors (Lipinski definition) is 5. The lowest BCUT2D eigenvalue weighted by atomic mass is 10.0. The number of rotatable bonds is 6. The van der Waals surface area contributed by atoms with Crippen molar-refractivity contribution >= 4 is 40.5 Å². The summed E-state index contributed by atoms with van der Waals surface area (Å²) in [6.45, 7) is 5.09. The van der Waals surface area contributed by atoms with Crippen molar-refractivity contribution in [3.8, 4) is 11.3 Å². The van der Waals surface area contributed by atoms with Gasteiger partial charge >= 0.3 is 0 Å². The lowest BCUT2D eigenvalue weighted by Gasteiger charge is -2.31. The molecule has 0 aliphatic carbocycles. The summed E-state index contributed by atoms with van der Waals surface area (Å²) in [5.74, 6) is 1.55. The molecule has 9 heteroatoms. The standard InChI is InChI=1S/C24H24Cl2N4O2S/c25-17-5-4-16(15-18(17)26)20-6-7-21(32-20)23-22(19-3-1-2-8-27-19)28-24(33)30(23)10-9-29-11-13-31-14-12-29/h1-8,15,22-23H,9-14H2,(H,28,33)/t22-,23-/m0/s1. The summed E-state index contributed by atoms with van der Waals surface area (Å²) in [5.41, 5.74) is 1.80. The highest BCUT2D eigenvalue weighted by Crippen LogP contribution is 2.40. The van der Waals surface area contributed by atoms with Crippen LogP contribution < -0.4 is 5.32 Å². The molecule has 1 N–H and O–H groups in total. The van der Waals surface area contributed by atoms with Gasteiger partial charge in [-0.25, -0.2) is 0 Å². The second-order valence-corrected chi connectivity index (χ2v) is 9.31. The Bertz CT molecular complexity index is 1120. The SMILES string of the molecule is S=C1N[C@@H](c2ccccn2)[C@H](c2ccc(-c3ccc(Cl)c(Cl)c3)o2)N1CCN1CCOCC1. The molecule has 0 amide bonds. The van der Waals surface area contributed by atoms with Gasteiger partial charge in [-0.1, -0.05) is 29.3 Å². The molecule has 0 spiro atoms. The van der Waals surface area contributed by atoms with E-state index in [0.717, 1.165) is 62.2 Å². The van der Waals surface area contributed by atoms with Crippen molar-refractivity contribution in [3.05, 3.63) is 76.2 Å². The summed E-state index contributed by atoms with van der Waals surface area (Å²) in [6, 6.07) is 15.2. The number of halogens is 2. The number of furan rings is 1. The number of nitrogens with zero attached hydrogens (tertiary/aromatic N) is 3. The number of benzene rings is 1. The molecule has 1 aromatic carbocycles. The van der Waals surface area contributed by atoms with E-state index in [-0.39, 0.29) is 12.1 Å². The molecule has 0 unspecified atom stereocenters. The maximum Gasteiger partial charge on any atom is 0.170 e. The Morgan fingerprint density at radius 1 is 1.03 bits per heavy atom. The highest BCUT2D eigenvalue weighted by molar-refractivity contribution is 7.80. The van der Waals surface area contributed by atoms with Gasteiger partial charge < -0.3 is 19.4 Å². The Morgan fingerprint density at radius 3 is 2.64 bits per heavy atom. The zero-order valence-electron chi connectivity index (χ0n) is 17.9. The van der Waals surface area contributed by atoms with Gasteiger partial charge in [0.2, 0.25) is 0 Å². The molecule has 2 aromatic heterocycles. The van der Waals surface area contributed by atoms with Crippen molar-refractivity contribution < 1.29 is 9.15 Å². The van der Waals surface area contributed by atoms with E-state index in [1.807, 2.05) is 42.5 Å². The average molecular weight is 503 g/mol. The van der Waals surface area contributed by atoms with Crippen LogP contribution in [-0.4, -0.2) is 59.3 Å². The summed E-state index contributed by atoms with van der Waals surface area (Å²) in [6.07, 6.45) is 1.80. The van der Waals surface area contributed by atoms with Crippen molar-refractivity contribution in [3.63, 3.8) is 0 Å². The second-order valence-electron chi connectivity index (χ2n) is 8.10. The maximum atomic E-state index is 6.37. The van der Waals surface area contributed by atoms with Gasteiger partial charge in [-0.05, 0) is 54.7 Å². The van der Waals surface area contributed by atoms with Crippen LogP contribution in [0.1, 0.15) is 23.5 Å². The highest BCUT2D eigenvalue weighted by Gasteiger charge is 2.41. The Kier molecular flexibility index (Phi) is 6.85. The minimum atomic E-state index is -0.120. The molecule has 5 rings (SSSR count). The van der Waals surface area contributed by atoms with Crippen molar-refractivity contribution in [2.24, 2.45) is 0 Å². The lowest BCUT2D eigenvalue weighted by molar-refractivity contribution is 0.0347. The van der Waals surface area contributed by atoms with Crippen LogP contribution in [0.2, 0.25) is 10.0 Å². The summed E-state index contributed by atoms with van der Waals surface area (Å²) < 4.78 is 11.9. The first kappa shape index (κ1) is 22.6. The predicted molar refractivity (Wildman–Crippen MR) is 134 cm³/mol. The van der Waals surface area contributed by atoms with E-state index in [2.05, 4.69) is 20.1 Å². The summed E-state index contributed by atoms with van der Waals surface area (Å²) >= 11 is 18.1. The largest absolute Gasteiger partial charge is 0.459 e. The fraction of sp³-hybridized carbons (Fsp3) is 0.333. The molecule has 172 valence electrons.